The monoisotopic (exact) mass is 345 g/mol. The molecule has 25 heavy (non-hydrogen) atoms. The Morgan fingerprint density at radius 3 is 2.68 bits per heavy atom. The summed E-state index contributed by atoms with van der Waals surface area (Å²) in [6.07, 6.45) is 0.899. The predicted molar refractivity (Wildman–Crippen MR) is 95.0 cm³/mol. The summed E-state index contributed by atoms with van der Waals surface area (Å²) in [5, 5.41) is 2.86. The first-order chi connectivity index (χ1) is 12.1. The van der Waals surface area contributed by atoms with Gasteiger partial charge in [-0.15, -0.1) is 0 Å². The SMILES string of the molecule is CN1CCN(CCCNC(=O)c2ccc(-c3ccccc3F)o2)CC1. The smallest absolute Gasteiger partial charge is 0.287 e. The highest BCUT2D eigenvalue weighted by Crippen LogP contribution is 2.24. The van der Waals surface area contributed by atoms with Gasteiger partial charge in [0.15, 0.2) is 5.76 Å². The van der Waals surface area contributed by atoms with Crippen LogP contribution in [0.4, 0.5) is 4.39 Å². The minimum Gasteiger partial charge on any atom is -0.451 e. The standard InChI is InChI=1S/C19H24FN3O2/c1-22-11-13-23(14-12-22)10-4-9-21-19(24)18-8-7-17(25-18)15-5-2-3-6-16(15)20/h2-3,5-8H,4,9-14H2,1H3,(H,21,24). The summed E-state index contributed by atoms with van der Waals surface area (Å²) >= 11 is 0. The largest absolute Gasteiger partial charge is 0.451 e. The minimum atomic E-state index is -0.365. The normalized spacial score (nSPS) is 16.1. The molecule has 2 aromatic rings. The van der Waals surface area contributed by atoms with Crippen molar-refractivity contribution in [2.75, 3.05) is 46.3 Å². The number of likely N-dealkylation sites (N-methyl/N-ethyl adjacent to an activating group) is 1. The summed E-state index contributed by atoms with van der Waals surface area (Å²) in [6.45, 7) is 5.92. The van der Waals surface area contributed by atoms with E-state index in [1.54, 1.807) is 30.3 Å². The summed E-state index contributed by atoms with van der Waals surface area (Å²) in [4.78, 5) is 16.9. The molecule has 0 unspecified atom stereocenters. The Morgan fingerprint density at radius 2 is 1.92 bits per heavy atom. The molecular weight excluding hydrogens is 321 g/mol. The van der Waals surface area contributed by atoms with Gasteiger partial charge in [-0.1, -0.05) is 12.1 Å². The van der Waals surface area contributed by atoms with Crippen LogP contribution >= 0.6 is 0 Å². The lowest BCUT2D eigenvalue weighted by atomic mass is 10.1. The van der Waals surface area contributed by atoms with Gasteiger partial charge in [0.1, 0.15) is 11.6 Å². The van der Waals surface area contributed by atoms with E-state index in [1.165, 1.54) is 6.07 Å². The molecule has 6 heteroatoms. The van der Waals surface area contributed by atoms with E-state index in [2.05, 4.69) is 22.2 Å². The van der Waals surface area contributed by atoms with Gasteiger partial charge in [0, 0.05) is 32.7 Å². The maximum Gasteiger partial charge on any atom is 0.287 e. The number of hydrogen-bond donors (Lipinski definition) is 1. The van der Waals surface area contributed by atoms with Crippen LogP contribution in [0.25, 0.3) is 11.3 Å². The van der Waals surface area contributed by atoms with Gasteiger partial charge in [0.2, 0.25) is 0 Å². The number of halogens is 1. The van der Waals surface area contributed by atoms with E-state index >= 15 is 0 Å². The van der Waals surface area contributed by atoms with Crippen molar-refractivity contribution in [2.24, 2.45) is 0 Å². The van der Waals surface area contributed by atoms with E-state index in [4.69, 9.17) is 4.42 Å². The first-order valence-corrected chi connectivity index (χ1v) is 8.67. The Kier molecular flexibility index (Phi) is 5.83. The van der Waals surface area contributed by atoms with Crippen LogP contribution in [0.1, 0.15) is 17.0 Å². The zero-order chi connectivity index (χ0) is 17.6. The molecule has 0 bridgehead atoms. The fraction of sp³-hybridized carbons (Fsp3) is 0.421. The molecule has 134 valence electrons. The topological polar surface area (TPSA) is 48.7 Å². The van der Waals surface area contributed by atoms with Crippen LogP contribution in [0.15, 0.2) is 40.8 Å². The van der Waals surface area contributed by atoms with Crippen molar-refractivity contribution >= 4 is 5.91 Å². The Hall–Kier alpha value is -2.18. The van der Waals surface area contributed by atoms with E-state index in [-0.39, 0.29) is 17.5 Å². The van der Waals surface area contributed by atoms with Crippen LogP contribution in [0.5, 0.6) is 0 Å². The van der Waals surface area contributed by atoms with Gasteiger partial charge >= 0.3 is 0 Å². The van der Waals surface area contributed by atoms with Gasteiger partial charge in [0.25, 0.3) is 5.91 Å². The Balaban J connectivity index is 1.45. The molecule has 1 amide bonds. The second-order valence-electron chi connectivity index (χ2n) is 6.40. The van der Waals surface area contributed by atoms with Crippen LogP contribution in [-0.4, -0.2) is 62.0 Å². The molecular formula is C19H24FN3O2. The van der Waals surface area contributed by atoms with Crippen LogP contribution in [0.3, 0.4) is 0 Å². The van der Waals surface area contributed by atoms with E-state index in [0.717, 1.165) is 39.1 Å². The number of carbonyl (C=O) groups excluding carboxylic acids is 1. The van der Waals surface area contributed by atoms with Crippen molar-refractivity contribution in [3.8, 4) is 11.3 Å². The lowest BCUT2D eigenvalue weighted by Crippen LogP contribution is -2.45. The van der Waals surface area contributed by atoms with Crippen LogP contribution < -0.4 is 5.32 Å². The minimum absolute atomic E-state index is 0.206. The van der Waals surface area contributed by atoms with Gasteiger partial charge in [0.05, 0.1) is 5.56 Å². The molecule has 0 radical (unpaired) electrons. The summed E-state index contributed by atoms with van der Waals surface area (Å²) in [7, 11) is 2.14. The van der Waals surface area contributed by atoms with Crippen molar-refractivity contribution in [1.29, 1.82) is 0 Å². The van der Waals surface area contributed by atoms with Crippen molar-refractivity contribution in [1.82, 2.24) is 15.1 Å². The molecule has 1 aliphatic rings. The highest BCUT2D eigenvalue weighted by molar-refractivity contribution is 5.92. The number of furan rings is 1. The Labute approximate surface area is 147 Å². The molecule has 1 saturated heterocycles. The molecule has 1 aliphatic heterocycles. The van der Waals surface area contributed by atoms with E-state index in [1.807, 2.05) is 0 Å². The van der Waals surface area contributed by atoms with Crippen LogP contribution in [-0.2, 0) is 0 Å². The van der Waals surface area contributed by atoms with Gasteiger partial charge in [-0.25, -0.2) is 4.39 Å². The number of rotatable bonds is 6. The van der Waals surface area contributed by atoms with Gasteiger partial charge in [-0.05, 0) is 44.3 Å². The zero-order valence-corrected chi connectivity index (χ0v) is 14.5. The van der Waals surface area contributed by atoms with Gasteiger partial charge in [-0.3, -0.25) is 4.79 Å². The number of benzene rings is 1. The average molecular weight is 345 g/mol. The molecule has 3 rings (SSSR count). The number of piperazine rings is 1. The number of nitrogens with zero attached hydrogens (tertiary/aromatic N) is 2. The first kappa shape index (κ1) is 17.6. The third-order valence-corrected chi connectivity index (χ3v) is 4.50. The molecule has 0 saturated carbocycles. The Morgan fingerprint density at radius 1 is 1.16 bits per heavy atom. The Bertz CT molecular complexity index is 708. The van der Waals surface area contributed by atoms with Crippen molar-refractivity contribution in [2.45, 2.75) is 6.42 Å². The molecule has 1 fully saturated rings. The number of nitrogens with one attached hydrogen (secondary N) is 1. The molecule has 1 aromatic carbocycles. The maximum atomic E-state index is 13.8. The third kappa shape index (κ3) is 4.67. The van der Waals surface area contributed by atoms with Crippen molar-refractivity contribution in [3.05, 3.63) is 48.0 Å². The zero-order valence-electron chi connectivity index (χ0n) is 14.5. The van der Waals surface area contributed by atoms with Crippen molar-refractivity contribution < 1.29 is 13.6 Å². The molecule has 2 heterocycles. The third-order valence-electron chi connectivity index (χ3n) is 4.50. The van der Waals surface area contributed by atoms with Gasteiger partial charge < -0.3 is 19.5 Å². The molecule has 0 aliphatic carbocycles. The molecule has 0 spiro atoms. The second-order valence-corrected chi connectivity index (χ2v) is 6.40. The molecule has 1 aromatic heterocycles. The molecule has 1 N–H and O–H groups in total. The van der Waals surface area contributed by atoms with E-state index in [9.17, 15) is 9.18 Å². The molecule has 0 atom stereocenters. The summed E-state index contributed by atoms with van der Waals surface area (Å²) in [6, 6.07) is 9.56. The van der Waals surface area contributed by atoms with Crippen LogP contribution in [0.2, 0.25) is 0 Å². The number of amides is 1. The van der Waals surface area contributed by atoms with E-state index in [0.29, 0.717) is 17.9 Å². The average Bonchev–Trinajstić information content (AvgIpc) is 3.10. The lowest BCUT2D eigenvalue weighted by Gasteiger charge is -2.32. The lowest BCUT2D eigenvalue weighted by molar-refractivity contribution is 0.0922. The highest BCUT2D eigenvalue weighted by atomic mass is 19.1. The maximum absolute atomic E-state index is 13.8. The second kappa shape index (κ2) is 8.27. The van der Waals surface area contributed by atoms with Crippen LogP contribution in [0, 0.1) is 5.82 Å². The summed E-state index contributed by atoms with van der Waals surface area (Å²) in [5.41, 5.74) is 0.358. The molecule has 5 nitrogen and oxygen atoms in total. The first-order valence-electron chi connectivity index (χ1n) is 8.67. The van der Waals surface area contributed by atoms with E-state index < -0.39 is 0 Å². The number of carbonyl (C=O) groups is 1. The van der Waals surface area contributed by atoms with Gasteiger partial charge in [-0.2, -0.15) is 0 Å². The predicted octanol–water partition coefficient (Wildman–Crippen LogP) is 2.45. The fourth-order valence-corrected chi connectivity index (χ4v) is 2.93. The summed E-state index contributed by atoms with van der Waals surface area (Å²) < 4.78 is 19.3. The highest BCUT2D eigenvalue weighted by Gasteiger charge is 2.15. The summed E-state index contributed by atoms with van der Waals surface area (Å²) in [5.74, 6) is -0.0597. The number of hydrogen-bond acceptors (Lipinski definition) is 4. The van der Waals surface area contributed by atoms with Crippen molar-refractivity contribution in [3.63, 3.8) is 0 Å². The fourth-order valence-electron chi connectivity index (χ4n) is 2.93. The quantitative estimate of drug-likeness (QED) is 0.817.